The van der Waals surface area contributed by atoms with Gasteiger partial charge >= 0.3 is 6.47 Å². The molecule has 0 heterocycles. The Morgan fingerprint density at radius 3 is 2.89 bits per heavy atom. The Bertz CT molecular complexity index is 105. The van der Waals surface area contributed by atoms with Crippen molar-refractivity contribution in [2.24, 2.45) is 0 Å². The Morgan fingerprint density at radius 2 is 2.44 bits per heavy atom. The smallest absolute Gasteiger partial charge is 0.417 e. The van der Waals surface area contributed by atoms with Crippen LogP contribution in [0, 0.1) is 0 Å². The molecule has 0 bridgehead atoms. The van der Waals surface area contributed by atoms with Crippen molar-refractivity contribution in [1.29, 1.82) is 0 Å². The molecule has 2 heteroatoms. The topological polar surface area (TPSA) is 26.3 Å². The summed E-state index contributed by atoms with van der Waals surface area (Å²) < 4.78 is 4.37. The molecule has 0 spiro atoms. The third kappa shape index (κ3) is 5.07. The van der Waals surface area contributed by atoms with Crippen LogP contribution in [-0.4, -0.2) is 13.1 Å². The molecule has 0 aliphatic rings. The highest BCUT2D eigenvalue weighted by molar-refractivity contribution is 5.38. The second-order valence-electron chi connectivity index (χ2n) is 1.83. The molecule has 1 radical (unpaired) electrons. The number of carbonyl (C=O) groups excluding carboxylic acids is 1. The molecule has 0 saturated carbocycles. The molecule has 0 rings (SSSR count). The van der Waals surface area contributed by atoms with Crippen molar-refractivity contribution in [2.45, 2.75) is 20.3 Å². The highest BCUT2D eigenvalue weighted by Crippen LogP contribution is 1.93. The first-order chi connectivity index (χ1) is 4.31. The molecule has 0 amide bonds. The van der Waals surface area contributed by atoms with Crippen LogP contribution in [0.15, 0.2) is 11.6 Å². The van der Waals surface area contributed by atoms with Gasteiger partial charge in [-0.15, -0.1) is 0 Å². The Kier molecular flexibility index (Phi) is 4.88. The lowest BCUT2D eigenvalue weighted by atomic mass is 10.3. The van der Waals surface area contributed by atoms with Crippen LogP contribution in [0.2, 0.25) is 0 Å². The molecule has 0 fully saturated rings. The van der Waals surface area contributed by atoms with Crippen molar-refractivity contribution in [3.05, 3.63) is 11.6 Å². The zero-order chi connectivity index (χ0) is 7.11. The van der Waals surface area contributed by atoms with E-state index in [1.807, 2.05) is 19.9 Å². The third-order valence-corrected chi connectivity index (χ3v) is 0.911. The van der Waals surface area contributed by atoms with Crippen LogP contribution in [0.5, 0.6) is 0 Å². The van der Waals surface area contributed by atoms with E-state index < -0.39 is 0 Å². The second kappa shape index (κ2) is 5.35. The minimum atomic E-state index is 0.372. The summed E-state index contributed by atoms with van der Waals surface area (Å²) in [6.07, 6.45) is 2.99. The predicted molar refractivity (Wildman–Crippen MR) is 35.7 cm³/mol. The molecule has 0 saturated heterocycles. The number of ether oxygens (including phenoxy) is 1. The lowest BCUT2D eigenvalue weighted by molar-refractivity contribution is 0.305. The van der Waals surface area contributed by atoms with Crippen LogP contribution in [0.4, 0.5) is 0 Å². The van der Waals surface area contributed by atoms with Gasteiger partial charge in [-0.25, -0.2) is 4.79 Å². The molecule has 0 aromatic rings. The predicted octanol–water partition coefficient (Wildman–Crippen LogP) is 1.43. The van der Waals surface area contributed by atoms with Gasteiger partial charge < -0.3 is 4.74 Å². The zero-order valence-electron chi connectivity index (χ0n) is 5.81. The normalized spacial score (nSPS) is 11.1. The van der Waals surface area contributed by atoms with Crippen molar-refractivity contribution in [3.8, 4) is 0 Å². The number of hydrogen-bond donors (Lipinski definition) is 0. The Hall–Kier alpha value is -0.790. The standard InChI is InChI=1S/C7H11O2/c1-3-4-7(2)5-9-6-8/h4H,3,5H2,1-2H3/b7-4+. The van der Waals surface area contributed by atoms with E-state index in [0.717, 1.165) is 12.0 Å². The van der Waals surface area contributed by atoms with Gasteiger partial charge in [0, 0.05) is 0 Å². The fourth-order valence-electron chi connectivity index (χ4n) is 0.551. The Morgan fingerprint density at radius 1 is 1.78 bits per heavy atom. The average Bonchev–Trinajstić information content (AvgIpc) is 1.85. The number of rotatable bonds is 4. The summed E-state index contributed by atoms with van der Waals surface area (Å²) in [7, 11) is 0. The SMILES string of the molecule is CC/C=C(\C)CO[C]=O. The molecule has 0 unspecified atom stereocenters. The summed E-state index contributed by atoms with van der Waals surface area (Å²) in [5, 5.41) is 0. The summed E-state index contributed by atoms with van der Waals surface area (Å²) in [6.45, 7) is 5.69. The van der Waals surface area contributed by atoms with Crippen molar-refractivity contribution >= 4 is 6.47 Å². The van der Waals surface area contributed by atoms with Crippen LogP contribution in [0.1, 0.15) is 20.3 Å². The van der Waals surface area contributed by atoms with Crippen LogP contribution < -0.4 is 0 Å². The number of allylic oxidation sites excluding steroid dienone is 1. The van der Waals surface area contributed by atoms with Crippen LogP contribution >= 0.6 is 0 Å². The van der Waals surface area contributed by atoms with Gasteiger partial charge in [0.15, 0.2) is 0 Å². The largest absolute Gasteiger partial charge is 0.453 e. The minimum absolute atomic E-state index is 0.372. The minimum Gasteiger partial charge on any atom is -0.453 e. The van der Waals surface area contributed by atoms with Gasteiger partial charge in [0.25, 0.3) is 0 Å². The monoisotopic (exact) mass is 127 g/mol. The van der Waals surface area contributed by atoms with Crippen molar-refractivity contribution in [1.82, 2.24) is 0 Å². The van der Waals surface area contributed by atoms with Gasteiger partial charge in [0.05, 0.1) is 0 Å². The average molecular weight is 127 g/mol. The lowest BCUT2D eigenvalue weighted by Crippen LogP contribution is -1.91. The Labute approximate surface area is 55.5 Å². The van der Waals surface area contributed by atoms with Crippen molar-refractivity contribution in [2.75, 3.05) is 6.61 Å². The molecular formula is C7H11O2. The summed E-state index contributed by atoms with van der Waals surface area (Å²) in [5.74, 6) is 0. The molecule has 2 nitrogen and oxygen atoms in total. The summed E-state index contributed by atoms with van der Waals surface area (Å²) in [6, 6.07) is 0. The highest BCUT2D eigenvalue weighted by Gasteiger charge is 1.86. The third-order valence-electron chi connectivity index (χ3n) is 0.911. The van der Waals surface area contributed by atoms with Gasteiger partial charge in [-0.3, -0.25) is 0 Å². The van der Waals surface area contributed by atoms with Gasteiger partial charge in [0.1, 0.15) is 6.61 Å². The highest BCUT2D eigenvalue weighted by atomic mass is 16.5. The maximum atomic E-state index is 9.54. The summed E-state index contributed by atoms with van der Waals surface area (Å²) >= 11 is 0. The van der Waals surface area contributed by atoms with Crippen LogP contribution in [-0.2, 0) is 9.53 Å². The van der Waals surface area contributed by atoms with E-state index >= 15 is 0 Å². The molecule has 0 aromatic heterocycles. The van der Waals surface area contributed by atoms with Gasteiger partial charge in [0.2, 0.25) is 0 Å². The van der Waals surface area contributed by atoms with E-state index in [-0.39, 0.29) is 0 Å². The fraction of sp³-hybridized carbons (Fsp3) is 0.571. The van der Waals surface area contributed by atoms with E-state index in [1.54, 1.807) is 0 Å². The first-order valence-electron chi connectivity index (χ1n) is 2.95. The maximum Gasteiger partial charge on any atom is 0.417 e. The Balaban J connectivity index is 3.36. The van der Waals surface area contributed by atoms with Gasteiger partial charge in [-0.1, -0.05) is 13.0 Å². The molecule has 9 heavy (non-hydrogen) atoms. The molecule has 51 valence electrons. The first-order valence-corrected chi connectivity index (χ1v) is 2.95. The molecule has 0 N–H and O–H groups in total. The molecular weight excluding hydrogens is 116 g/mol. The maximum absolute atomic E-state index is 9.54. The fourth-order valence-corrected chi connectivity index (χ4v) is 0.551. The molecule has 0 aliphatic carbocycles. The molecule has 0 aliphatic heterocycles. The van der Waals surface area contributed by atoms with Crippen molar-refractivity contribution < 1.29 is 9.53 Å². The van der Waals surface area contributed by atoms with E-state index in [1.165, 1.54) is 6.47 Å². The number of hydrogen-bond acceptors (Lipinski definition) is 2. The van der Waals surface area contributed by atoms with Gasteiger partial charge in [-0.05, 0) is 18.9 Å². The zero-order valence-corrected chi connectivity index (χ0v) is 5.81. The summed E-state index contributed by atoms with van der Waals surface area (Å²) in [4.78, 5) is 9.54. The molecule has 0 aromatic carbocycles. The molecule has 0 atom stereocenters. The van der Waals surface area contributed by atoms with E-state index in [0.29, 0.717) is 6.61 Å². The second-order valence-corrected chi connectivity index (χ2v) is 1.83. The van der Waals surface area contributed by atoms with Crippen molar-refractivity contribution in [3.63, 3.8) is 0 Å². The van der Waals surface area contributed by atoms with Gasteiger partial charge in [-0.2, -0.15) is 0 Å². The van der Waals surface area contributed by atoms with E-state index in [4.69, 9.17) is 0 Å². The lowest BCUT2D eigenvalue weighted by Gasteiger charge is -1.94. The van der Waals surface area contributed by atoms with E-state index in [2.05, 4.69) is 4.74 Å². The van der Waals surface area contributed by atoms with E-state index in [9.17, 15) is 4.79 Å². The summed E-state index contributed by atoms with van der Waals surface area (Å²) in [5.41, 5.74) is 1.07. The quantitative estimate of drug-likeness (QED) is 0.534. The first kappa shape index (κ1) is 8.21. The van der Waals surface area contributed by atoms with Crippen LogP contribution in [0.25, 0.3) is 0 Å². The van der Waals surface area contributed by atoms with Crippen LogP contribution in [0.3, 0.4) is 0 Å².